The maximum atomic E-state index is 12.2. The van der Waals surface area contributed by atoms with E-state index in [0.717, 1.165) is 20.8 Å². The molecule has 30 heavy (non-hydrogen) atoms. The van der Waals surface area contributed by atoms with Gasteiger partial charge in [-0.15, -0.1) is 11.3 Å². The van der Waals surface area contributed by atoms with Gasteiger partial charge in [-0.05, 0) is 49.6 Å². The monoisotopic (exact) mass is 426 g/mol. The number of amides is 1. The molecule has 8 heteroatoms. The molecular weight excluding hydrogens is 404 g/mol. The van der Waals surface area contributed by atoms with Crippen molar-refractivity contribution >= 4 is 33.4 Å². The van der Waals surface area contributed by atoms with Gasteiger partial charge in [-0.25, -0.2) is 4.98 Å². The Morgan fingerprint density at radius 1 is 1.20 bits per heavy atom. The summed E-state index contributed by atoms with van der Waals surface area (Å²) in [6, 6.07) is 13.4. The Labute approximate surface area is 178 Å². The van der Waals surface area contributed by atoms with Crippen LogP contribution < -0.4 is 14.8 Å². The van der Waals surface area contributed by atoms with E-state index < -0.39 is 6.10 Å². The quantitative estimate of drug-likeness (QED) is 0.554. The molecule has 0 radical (unpaired) electrons. The molecule has 0 saturated heterocycles. The molecule has 1 unspecified atom stereocenters. The van der Waals surface area contributed by atoms with E-state index >= 15 is 0 Å². The summed E-state index contributed by atoms with van der Waals surface area (Å²) in [5.41, 5.74) is 1.86. The number of carbonyl (C=O) groups is 2. The van der Waals surface area contributed by atoms with Gasteiger partial charge in [-0.2, -0.15) is 0 Å². The number of thiazole rings is 1. The minimum atomic E-state index is -0.853. The highest BCUT2D eigenvalue weighted by Crippen LogP contribution is 2.32. The normalized spacial score (nSPS) is 13.2. The summed E-state index contributed by atoms with van der Waals surface area (Å²) in [5.74, 6) is 0.626. The Balaban J connectivity index is 1.18. The third kappa shape index (κ3) is 4.88. The Bertz CT molecular complexity index is 1030. The number of aromatic nitrogens is 1. The lowest BCUT2D eigenvalue weighted by Gasteiger charge is -2.13. The fraction of sp³-hybridized carbons (Fsp3) is 0.318. The Hall–Kier alpha value is -3.13. The van der Waals surface area contributed by atoms with Crippen molar-refractivity contribution in [2.45, 2.75) is 38.8 Å². The Morgan fingerprint density at radius 2 is 2.03 bits per heavy atom. The van der Waals surface area contributed by atoms with Gasteiger partial charge in [0.25, 0.3) is 5.91 Å². The van der Waals surface area contributed by atoms with Crippen molar-refractivity contribution in [3.05, 3.63) is 53.0 Å². The first-order valence-electron chi connectivity index (χ1n) is 9.78. The molecule has 1 aromatic heterocycles. The Morgan fingerprint density at radius 3 is 2.90 bits per heavy atom. The summed E-state index contributed by atoms with van der Waals surface area (Å²) in [7, 11) is 0. The van der Waals surface area contributed by atoms with Crippen molar-refractivity contribution in [3.8, 4) is 11.5 Å². The van der Waals surface area contributed by atoms with E-state index in [0.29, 0.717) is 30.9 Å². The predicted molar refractivity (Wildman–Crippen MR) is 113 cm³/mol. The fourth-order valence-electron chi connectivity index (χ4n) is 3.10. The summed E-state index contributed by atoms with van der Waals surface area (Å²) in [5, 5.41) is 3.77. The van der Waals surface area contributed by atoms with Crippen LogP contribution in [0.4, 0.5) is 0 Å². The first kappa shape index (κ1) is 20.2. The maximum absolute atomic E-state index is 12.2. The highest BCUT2D eigenvalue weighted by Gasteiger charge is 2.18. The topological polar surface area (TPSA) is 86.8 Å². The molecule has 3 aromatic rings. The molecule has 1 amide bonds. The molecule has 1 aliphatic rings. The van der Waals surface area contributed by atoms with Gasteiger partial charge in [0, 0.05) is 13.0 Å². The fourth-order valence-corrected chi connectivity index (χ4v) is 4.11. The molecule has 2 heterocycles. The van der Waals surface area contributed by atoms with E-state index in [1.165, 1.54) is 0 Å². The first-order valence-corrected chi connectivity index (χ1v) is 10.6. The summed E-state index contributed by atoms with van der Waals surface area (Å²) in [6.07, 6.45) is 0.730. The smallest absolute Gasteiger partial charge is 0.306 e. The van der Waals surface area contributed by atoms with Crippen molar-refractivity contribution < 1.29 is 23.8 Å². The lowest BCUT2D eigenvalue weighted by Crippen LogP contribution is -2.35. The van der Waals surface area contributed by atoms with Gasteiger partial charge in [0.1, 0.15) is 0 Å². The molecule has 1 aliphatic heterocycles. The van der Waals surface area contributed by atoms with Crippen LogP contribution in [0.25, 0.3) is 10.2 Å². The van der Waals surface area contributed by atoms with Gasteiger partial charge in [0.15, 0.2) is 17.6 Å². The van der Waals surface area contributed by atoms with Crippen LogP contribution in [0.15, 0.2) is 42.5 Å². The van der Waals surface area contributed by atoms with Crippen molar-refractivity contribution in [1.29, 1.82) is 0 Å². The number of hydrogen-bond donors (Lipinski definition) is 1. The average Bonchev–Trinajstić information content (AvgIpc) is 3.37. The Kier molecular flexibility index (Phi) is 6.13. The van der Waals surface area contributed by atoms with Crippen molar-refractivity contribution in [1.82, 2.24) is 10.3 Å². The number of aryl methyl sites for hydroxylation is 1. The van der Waals surface area contributed by atoms with Crippen LogP contribution in [0, 0.1) is 0 Å². The second kappa shape index (κ2) is 9.13. The van der Waals surface area contributed by atoms with Crippen LogP contribution >= 0.6 is 11.3 Å². The second-order valence-electron chi connectivity index (χ2n) is 6.97. The van der Waals surface area contributed by atoms with E-state index in [1.807, 2.05) is 36.4 Å². The molecule has 0 aliphatic carbocycles. The molecule has 4 rings (SSSR count). The number of benzene rings is 2. The predicted octanol–water partition coefficient (Wildman–Crippen LogP) is 3.60. The molecule has 0 saturated carbocycles. The number of esters is 1. The zero-order chi connectivity index (χ0) is 20.9. The standard InChI is InChI=1S/C22H22N2O5S/c1-14(22(26)23-12-15-9-10-17-18(11-15)28-13-27-17)29-21(25)8-4-7-20-24-16-5-2-3-6-19(16)30-20/h2-3,5-6,9-11,14H,4,7-8,12-13H2,1H3,(H,23,26). The van der Waals surface area contributed by atoms with Gasteiger partial charge in [-0.1, -0.05) is 18.2 Å². The van der Waals surface area contributed by atoms with Gasteiger partial charge >= 0.3 is 5.97 Å². The van der Waals surface area contributed by atoms with Gasteiger partial charge < -0.3 is 19.5 Å². The maximum Gasteiger partial charge on any atom is 0.306 e. The number of ether oxygens (including phenoxy) is 3. The lowest BCUT2D eigenvalue weighted by atomic mass is 10.2. The minimum absolute atomic E-state index is 0.205. The van der Waals surface area contributed by atoms with Crippen molar-refractivity contribution in [2.24, 2.45) is 0 Å². The number of nitrogens with one attached hydrogen (secondary N) is 1. The lowest BCUT2D eigenvalue weighted by molar-refractivity contribution is -0.154. The van der Waals surface area contributed by atoms with Crippen LogP contribution in [0.1, 0.15) is 30.3 Å². The number of nitrogens with zero attached hydrogens (tertiary/aromatic N) is 1. The van der Waals surface area contributed by atoms with E-state index in [-0.39, 0.29) is 25.1 Å². The number of para-hydroxylation sites is 1. The van der Waals surface area contributed by atoms with Gasteiger partial charge in [0.05, 0.1) is 15.2 Å². The van der Waals surface area contributed by atoms with Crippen LogP contribution in [0.3, 0.4) is 0 Å². The van der Waals surface area contributed by atoms with Crippen molar-refractivity contribution in [2.75, 3.05) is 6.79 Å². The van der Waals surface area contributed by atoms with Crippen LogP contribution in [-0.2, 0) is 27.3 Å². The minimum Gasteiger partial charge on any atom is -0.454 e. The van der Waals surface area contributed by atoms with Crippen LogP contribution in [-0.4, -0.2) is 29.8 Å². The summed E-state index contributed by atoms with van der Waals surface area (Å²) in [4.78, 5) is 28.9. The summed E-state index contributed by atoms with van der Waals surface area (Å²) in [6.45, 7) is 2.09. The molecule has 2 aromatic carbocycles. The molecule has 156 valence electrons. The number of hydrogen-bond acceptors (Lipinski definition) is 7. The average molecular weight is 426 g/mol. The molecule has 7 nitrogen and oxygen atoms in total. The third-order valence-electron chi connectivity index (χ3n) is 4.69. The summed E-state index contributed by atoms with van der Waals surface area (Å²) < 4.78 is 17.0. The molecular formula is C22H22N2O5S. The van der Waals surface area contributed by atoms with E-state index in [2.05, 4.69) is 10.3 Å². The number of rotatable bonds is 8. The third-order valence-corrected chi connectivity index (χ3v) is 5.79. The van der Waals surface area contributed by atoms with Crippen LogP contribution in [0.5, 0.6) is 11.5 Å². The van der Waals surface area contributed by atoms with Gasteiger partial charge in [-0.3, -0.25) is 9.59 Å². The zero-order valence-corrected chi connectivity index (χ0v) is 17.4. The SMILES string of the molecule is CC(OC(=O)CCCc1nc2ccccc2s1)C(=O)NCc1ccc2c(c1)OCO2. The molecule has 0 fully saturated rings. The summed E-state index contributed by atoms with van der Waals surface area (Å²) >= 11 is 1.64. The zero-order valence-electron chi connectivity index (χ0n) is 16.6. The van der Waals surface area contributed by atoms with E-state index in [4.69, 9.17) is 14.2 Å². The van der Waals surface area contributed by atoms with Gasteiger partial charge in [0.2, 0.25) is 6.79 Å². The molecule has 0 bridgehead atoms. The number of fused-ring (bicyclic) bond motifs is 2. The van der Waals surface area contributed by atoms with Crippen LogP contribution in [0.2, 0.25) is 0 Å². The molecule has 1 atom stereocenters. The molecule has 1 N–H and O–H groups in total. The highest BCUT2D eigenvalue weighted by atomic mass is 32.1. The largest absolute Gasteiger partial charge is 0.454 e. The number of carbonyl (C=O) groups excluding carboxylic acids is 2. The highest BCUT2D eigenvalue weighted by molar-refractivity contribution is 7.18. The molecule has 0 spiro atoms. The van der Waals surface area contributed by atoms with Crippen molar-refractivity contribution in [3.63, 3.8) is 0 Å². The second-order valence-corrected chi connectivity index (χ2v) is 8.08. The first-order chi connectivity index (χ1) is 14.6. The van der Waals surface area contributed by atoms with E-state index in [9.17, 15) is 9.59 Å². The van der Waals surface area contributed by atoms with E-state index in [1.54, 1.807) is 24.3 Å².